The zero-order valence-electron chi connectivity index (χ0n) is 18.3. The van der Waals surface area contributed by atoms with Crippen molar-refractivity contribution >= 4 is 16.0 Å². The first-order valence-electron chi connectivity index (χ1n) is 10.0. The molecule has 0 saturated carbocycles. The Labute approximate surface area is 188 Å². The molecule has 0 bridgehead atoms. The summed E-state index contributed by atoms with van der Waals surface area (Å²) in [5.41, 5.74) is 6.45. The fraction of sp³-hybridized carbons (Fsp3) is 0.524. The first kappa shape index (κ1) is 25.6. The van der Waals surface area contributed by atoms with Crippen LogP contribution in [0, 0.1) is 17.1 Å². The molecule has 176 valence electrons. The van der Waals surface area contributed by atoms with Crippen LogP contribution in [0.5, 0.6) is 5.75 Å². The SMILES string of the molecule is C=C(CCC#N)COc1ccc(F)c([C@H]2C[C@H](COC)OCCN=C(N)N(C)S2(=O)=O)c1. The molecule has 0 aromatic heterocycles. The van der Waals surface area contributed by atoms with Crippen LogP contribution in [0.1, 0.15) is 30.1 Å². The van der Waals surface area contributed by atoms with Gasteiger partial charge in [0, 0.05) is 26.1 Å². The first-order chi connectivity index (χ1) is 15.2. The van der Waals surface area contributed by atoms with E-state index in [0.717, 1.165) is 10.4 Å². The quantitative estimate of drug-likeness (QED) is 0.579. The van der Waals surface area contributed by atoms with Gasteiger partial charge in [0.05, 0.1) is 31.9 Å². The van der Waals surface area contributed by atoms with E-state index in [2.05, 4.69) is 11.6 Å². The van der Waals surface area contributed by atoms with E-state index in [0.29, 0.717) is 18.4 Å². The zero-order valence-corrected chi connectivity index (χ0v) is 19.1. The van der Waals surface area contributed by atoms with Crippen LogP contribution in [-0.4, -0.2) is 65.3 Å². The van der Waals surface area contributed by atoms with Crippen molar-refractivity contribution in [3.63, 3.8) is 0 Å². The molecule has 1 heterocycles. The molecule has 0 fully saturated rings. The molecule has 32 heavy (non-hydrogen) atoms. The van der Waals surface area contributed by atoms with Crippen LogP contribution in [-0.2, 0) is 19.5 Å². The molecule has 0 unspecified atom stereocenters. The lowest BCUT2D eigenvalue weighted by molar-refractivity contribution is -0.00363. The van der Waals surface area contributed by atoms with Crippen molar-refractivity contribution < 1.29 is 27.0 Å². The molecule has 1 aliphatic rings. The Balaban J connectivity index is 2.42. The molecule has 1 aromatic carbocycles. The van der Waals surface area contributed by atoms with Gasteiger partial charge in [0.1, 0.15) is 23.4 Å². The predicted molar refractivity (Wildman–Crippen MR) is 118 cm³/mol. The third-order valence-electron chi connectivity index (χ3n) is 4.96. The van der Waals surface area contributed by atoms with Crippen molar-refractivity contribution in [3.8, 4) is 11.8 Å². The number of ether oxygens (including phenoxy) is 3. The van der Waals surface area contributed by atoms with Gasteiger partial charge in [-0.2, -0.15) is 5.26 Å². The third kappa shape index (κ3) is 6.66. The van der Waals surface area contributed by atoms with Crippen molar-refractivity contribution in [2.45, 2.75) is 30.6 Å². The van der Waals surface area contributed by atoms with Crippen molar-refractivity contribution in [3.05, 3.63) is 41.7 Å². The molecule has 11 heteroatoms. The molecule has 0 amide bonds. The summed E-state index contributed by atoms with van der Waals surface area (Å²) in [6, 6.07) is 5.94. The summed E-state index contributed by atoms with van der Waals surface area (Å²) >= 11 is 0. The van der Waals surface area contributed by atoms with Gasteiger partial charge in [0.15, 0.2) is 0 Å². The number of rotatable bonds is 8. The van der Waals surface area contributed by atoms with Crippen LogP contribution >= 0.6 is 0 Å². The van der Waals surface area contributed by atoms with Gasteiger partial charge in [0.25, 0.3) is 0 Å². The Hall–Kier alpha value is -2.68. The van der Waals surface area contributed by atoms with Gasteiger partial charge < -0.3 is 19.9 Å². The normalized spacial score (nSPS) is 21.3. The Kier molecular flexibility index (Phi) is 9.43. The summed E-state index contributed by atoms with van der Waals surface area (Å²) in [7, 11) is -1.39. The molecule has 0 saturated heterocycles. The third-order valence-corrected chi connectivity index (χ3v) is 7.08. The molecular formula is C21H29FN4O5S. The monoisotopic (exact) mass is 468 g/mol. The zero-order chi connectivity index (χ0) is 23.7. The van der Waals surface area contributed by atoms with E-state index in [1.54, 1.807) is 0 Å². The van der Waals surface area contributed by atoms with E-state index in [-0.39, 0.29) is 50.1 Å². The van der Waals surface area contributed by atoms with Crippen LogP contribution in [0.15, 0.2) is 35.3 Å². The van der Waals surface area contributed by atoms with Crippen molar-refractivity contribution in [2.24, 2.45) is 10.7 Å². The Bertz CT molecular complexity index is 977. The van der Waals surface area contributed by atoms with Gasteiger partial charge in [-0.15, -0.1) is 0 Å². The van der Waals surface area contributed by atoms with Crippen LogP contribution < -0.4 is 10.5 Å². The Morgan fingerprint density at radius 1 is 1.50 bits per heavy atom. The fourth-order valence-electron chi connectivity index (χ4n) is 3.17. The van der Waals surface area contributed by atoms with Crippen molar-refractivity contribution in [1.82, 2.24) is 4.31 Å². The van der Waals surface area contributed by atoms with Crippen LogP contribution in [0.4, 0.5) is 4.39 Å². The number of benzene rings is 1. The van der Waals surface area contributed by atoms with Gasteiger partial charge >= 0.3 is 0 Å². The number of aliphatic imine (C=N–C) groups is 1. The lowest BCUT2D eigenvalue weighted by atomic mass is 10.0. The highest BCUT2D eigenvalue weighted by Gasteiger charge is 2.37. The molecule has 2 N–H and O–H groups in total. The van der Waals surface area contributed by atoms with Gasteiger partial charge in [0.2, 0.25) is 16.0 Å². The molecule has 1 aliphatic heterocycles. The average molecular weight is 469 g/mol. The molecule has 0 radical (unpaired) electrons. The lowest BCUT2D eigenvalue weighted by Crippen LogP contribution is -2.43. The average Bonchev–Trinajstić information content (AvgIpc) is 2.76. The van der Waals surface area contributed by atoms with Gasteiger partial charge in [-0.25, -0.2) is 17.1 Å². The van der Waals surface area contributed by atoms with Gasteiger partial charge in [-0.1, -0.05) is 6.58 Å². The van der Waals surface area contributed by atoms with Crippen LogP contribution in [0.2, 0.25) is 0 Å². The smallest absolute Gasteiger partial charge is 0.244 e. The Morgan fingerprint density at radius 2 is 2.25 bits per heavy atom. The van der Waals surface area contributed by atoms with E-state index in [1.165, 1.54) is 26.3 Å². The topological polar surface area (TPSA) is 127 Å². The predicted octanol–water partition coefficient (Wildman–Crippen LogP) is 2.12. The maximum atomic E-state index is 14.9. The molecule has 1 aromatic rings. The molecule has 0 aliphatic carbocycles. The second-order valence-electron chi connectivity index (χ2n) is 7.30. The molecule has 2 rings (SSSR count). The largest absolute Gasteiger partial charge is 0.489 e. The number of hydrogen-bond acceptors (Lipinski definition) is 8. The first-order valence-corrected chi connectivity index (χ1v) is 11.5. The maximum absolute atomic E-state index is 14.9. The van der Waals surface area contributed by atoms with Crippen LogP contribution in [0.3, 0.4) is 0 Å². The van der Waals surface area contributed by atoms with E-state index in [4.69, 9.17) is 25.2 Å². The number of nitrogens with two attached hydrogens (primary N) is 1. The number of hydrogen-bond donors (Lipinski definition) is 1. The number of methoxy groups -OCH3 is 1. The minimum absolute atomic E-state index is 0.0525. The lowest BCUT2D eigenvalue weighted by Gasteiger charge is -2.30. The summed E-state index contributed by atoms with van der Waals surface area (Å²) in [6.45, 7) is 4.49. The summed E-state index contributed by atoms with van der Waals surface area (Å²) < 4.78 is 59.0. The van der Waals surface area contributed by atoms with Crippen molar-refractivity contribution in [2.75, 3.05) is 40.5 Å². The second-order valence-corrected chi connectivity index (χ2v) is 9.45. The highest BCUT2D eigenvalue weighted by Crippen LogP contribution is 2.35. The van der Waals surface area contributed by atoms with E-state index < -0.39 is 27.2 Å². The summed E-state index contributed by atoms with van der Waals surface area (Å²) in [5, 5.41) is 7.36. The van der Waals surface area contributed by atoms with Gasteiger partial charge in [-0.05, 0) is 36.6 Å². The molecular weight excluding hydrogens is 439 g/mol. The molecule has 2 atom stereocenters. The number of sulfonamides is 1. The minimum atomic E-state index is -4.14. The number of halogens is 1. The standard InChI is InChI=1S/C21H29FN4O5S/c1-15(5-4-8-23)13-31-16-6-7-19(22)18(11-16)20-12-17(14-29-3)30-10-9-25-21(24)26(2)32(20,27)28/h6-7,11,17,20H,1,4-5,9-10,12-14H2,2-3H3,(H2,24,25)/t17-,20-/m1/s1. The highest BCUT2D eigenvalue weighted by atomic mass is 32.2. The summed E-state index contributed by atoms with van der Waals surface area (Å²) in [4.78, 5) is 4.02. The molecule has 0 spiro atoms. The summed E-state index contributed by atoms with van der Waals surface area (Å²) in [6.07, 6.45) is 0.134. The van der Waals surface area contributed by atoms with Gasteiger partial charge in [-0.3, -0.25) is 4.99 Å². The van der Waals surface area contributed by atoms with Crippen molar-refractivity contribution in [1.29, 1.82) is 5.26 Å². The maximum Gasteiger partial charge on any atom is 0.244 e. The van der Waals surface area contributed by atoms with Crippen LogP contribution in [0.25, 0.3) is 0 Å². The Morgan fingerprint density at radius 3 is 2.94 bits per heavy atom. The van der Waals surface area contributed by atoms with E-state index >= 15 is 0 Å². The number of guanidine groups is 1. The highest BCUT2D eigenvalue weighted by molar-refractivity contribution is 7.89. The molecule has 9 nitrogen and oxygen atoms in total. The number of nitrogens with zero attached hydrogens (tertiary/aromatic N) is 3. The summed E-state index contributed by atoms with van der Waals surface area (Å²) in [5.74, 6) is -0.628. The minimum Gasteiger partial charge on any atom is -0.489 e. The van der Waals surface area contributed by atoms with E-state index in [1.807, 2.05) is 6.07 Å². The number of nitriles is 1. The fourth-order valence-corrected chi connectivity index (χ4v) is 4.83. The van der Waals surface area contributed by atoms with E-state index in [9.17, 15) is 12.8 Å². The second kappa shape index (κ2) is 11.8.